The summed E-state index contributed by atoms with van der Waals surface area (Å²) in [6.45, 7) is 1.57. The highest BCUT2D eigenvalue weighted by Gasteiger charge is 2.38. The summed E-state index contributed by atoms with van der Waals surface area (Å²) in [5.41, 5.74) is 2.18. The van der Waals surface area contributed by atoms with Crippen LogP contribution >= 0.6 is 0 Å². The first-order valence-corrected chi connectivity index (χ1v) is 6.93. The molecule has 0 radical (unpaired) electrons. The van der Waals surface area contributed by atoms with Crippen LogP contribution in [0.2, 0.25) is 0 Å². The van der Waals surface area contributed by atoms with Gasteiger partial charge in [-0.3, -0.25) is 4.90 Å². The predicted octanol–water partition coefficient (Wildman–Crippen LogP) is 3.28. The summed E-state index contributed by atoms with van der Waals surface area (Å²) in [6.07, 6.45) is -2.38. The van der Waals surface area contributed by atoms with Gasteiger partial charge in [0.15, 0.2) is 0 Å². The molecular weight excluding hydrogens is 265 g/mol. The van der Waals surface area contributed by atoms with Crippen molar-refractivity contribution in [3.8, 4) is 0 Å². The lowest BCUT2D eigenvalue weighted by Gasteiger charge is -2.28. The van der Waals surface area contributed by atoms with Crippen LogP contribution in [0.25, 0.3) is 0 Å². The van der Waals surface area contributed by atoms with Crippen LogP contribution in [0.3, 0.4) is 0 Å². The molecule has 2 rings (SSSR count). The number of rotatable bonds is 6. The Balaban J connectivity index is 2.05. The van der Waals surface area contributed by atoms with Gasteiger partial charge in [-0.1, -0.05) is 29.8 Å². The zero-order valence-electron chi connectivity index (χ0n) is 11.9. The number of nitrogens with zero attached hydrogens (tertiary/aromatic N) is 1. The lowest BCUT2D eigenvalue weighted by atomic mass is 10.0. The monoisotopic (exact) mass is 286 g/mol. The van der Waals surface area contributed by atoms with E-state index in [0.717, 1.165) is 24.0 Å². The lowest BCUT2D eigenvalue weighted by Crippen LogP contribution is -2.41. The minimum Gasteiger partial charge on any atom is -0.312 e. The minimum atomic E-state index is -4.13. The van der Waals surface area contributed by atoms with E-state index in [9.17, 15) is 13.2 Å². The van der Waals surface area contributed by atoms with E-state index in [4.69, 9.17) is 0 Å². The molecule has 20 heavy (non-hydrogen) atoms. The number of alkyl halides is 3. The Bertz CT molecular complexity index is 424. The largest absolute Gasteiger partial charge is 0.401 e. The van der Waals surface area contributed by atoms with Crippen LogP contribution in [-0.4, -0.2) is 37.3 Å². The minimum absolute atomic E-state index is 0.0708. The first-order chi connectivity index (χ1) is 9.39. The van der Waals surface area contributed by atoms with Gasteiger partial charge in [-0.15, -0.1) is 0 Å². The SMILES string of the molecule is CNC(CN(CC(F)(F)F)C1CC1)c1ccc(C)cc1. The molecule has 0 amide bonds. The van der Waals surface area contributed by atoms with Crippen LogP contribution in [0.1, 0.15) is 30.0 Å². The molecule has 1 aliphatic carbocycles. The first kappa shape index (κ1) is 15.3. The molecular formula is C15H21F3N2. The summed E-state index contributed by atoms with van der Waals surface area (Å²) in [5, 5.41) is 3.13. The Labute approximate surface area is 118 Å². The van der Waals surface area contributed by atoms with Crippen molar-refractivity contribution in [2.75, 3.05) is 20.1 Å². The average molecular weight is 286 g/mol. The molecule has 1 N–H and O–H groups in total. The summed E-state index contributed by atoms with van der Waals surface area (Å²) in [5.74, 6) is 0. The maximum absolute atomic E-state index is 12.6. The standard InChI is InChI=1S/C15H21F3N2/c1-11-3-5-12(6-4-11)14(19-2)9-20(13-7-8-13)10-15(16,17)18/h3-6,13-14,19H,7-10H2,1-2H3. The van der Waals surface area contributed by atoms with E-state index in [-0.39, 0.29) is 12.1 Å². The van der Waals surface area contributed by atoms with Crippen molar-refractivity contribution in [1.82, 2.24) is 10.2 Å². The fraction of sp³-hybridized carbons (Fsp3) is 0.600. The van der Waals surface area contributed by atoms with Gasteiger partial charge < -0.3 is 5.32 Å². The van der Waals surface area contributed by atoms with E-state index in [1.807, 2.05) is 31.2 Å². The molecule has 0 spiro atoms. The molecule has 5 heteroatoms. The third-order valence-corrected chi connectivity index (χ3v) is 3.69. The second-order valence-corrected chi connectivity index (χ2v) is 5.53. The molecule has 0 saturated heterocycles. The number of hydrogen-bond donors (Lipinski definition) is 1. The Morgan fingerprint density at radius 2 is 1.85 bits per heavy atom. The van der Waals surface area contributed by atoms with Crippen molar-refractivity contribution >= 4 is 0 Å². The summed E-state index contributed by atoms with van der Waals surface area (Å²) in [7, 11) is 1.79. The molecule has 1 aromatic rings. The van der Waals surface area contributed by atoms with Gasteiger partial charge in [0.2, 0.25) is 0 Å². The van der Waals surface area contributed by atoms with Crippen molar-refractivity contribution in [3.05, 3.63) is 35.4 Å². The van der Waals surface area contributed by atoms with Gasteiger partial charge in [-0.25, -0.2) is 0 Å². The number of likely N-dealkylation sites (N-methyl/N-ethyl adjacent to an activating group) is 1. The Morgan fingerprint density at radius 3 is 2.30 bits per heavy atom. The molecule has 0 heterocycles. The van der Waals surface area contributed by atoms with Crippen LogP contribution < -0.4 is 5.32 Å². The van der Waals surface area contributed by atoms with Crippen LogP contribution in [0.15, 0.2) is 24.3 Å². The highest BCUT2D eigenvalue weighted by atomic mass is 19.4. The number of hydrogen-bond acceptors (Lipinski definition) is 2. The van der Waals surface area contributed by atoms with Crippen LogP contribution in [-0.2, 0) is 0 Å². The molecule has 0 aromatic heterocycles. The molecule has 1 unspecified atom stereocenters. The number of nitrogens with one attached hydrogen (secondary N) is 1. The van der Waals surface area contributed by atoms with E-state index >= 15 is 0 Å². The molecule has 1 aliphatic rings. The van der Waals surface area contributed by atoms with Crippen LogP contribution in [0.5, 0.6) is 0 Å². The normalized spacial score (nSPS) is 17.5. The summed E-state index contributed by atoms with van der Waals surface area (Å²) in [4.78, 5) is 1.56. The Kier molecular flexibility index (Phi) is 4.70. The smallest absolute Gasteiger partial charge is 0.312 e. The summed E-state index contributed by atoms with van der Waals surface area (Å²) < 4.78 is 37.9. The summed E-state index contributed by atoms with van der Waals surface area (Å²) >= 11 is 0. The van der Waals surface area contributed by atoms with Crippen molar-refractivity contribution in [3.63, 3.8) is 0 Å². The quantitative estimate of drug-likeness (QED) is 0.863. The maximum Gasteiger partial charge on any atom is 0.401 e. The molecule has 1 atom stereocenters. The van der Waals surface area contributed by atoms with Gasteiger partial charge in [0.1, 0.15) is 0 Å². The van der Waals surface area contributed by atoms with Gasteiger partial charge >= 0.3 is 6.18 Å². The van der Waals surface area contributed by atoms with Crippen LogP contribution in [0, 0.1) is 6.92 Å². The number of benzene rings is 1. The molecule has 1 saturated carbocycles. The van der Waals surface area contributed by atoms with E-state index in [1.54, 1.807) is 11.9 Å². The van der Waals surface area contributed by atoms with Gasteiger partial charge in [0, 0.05) is 18.6 Å². The molecule has 2 nitrogen and oxygen atoms in total. The molecule has 112 valence electrons. The summed E-state index contributed by atoms with van der Waals surface area (Å²) in [6, 6.07) is 7.97. The van der Waals surface area contributed by atoms with E-state index in [1.165, 1.54) is 0 Å². The van der Waals surface area contributed by atoms with Gasteiger partial charge in [-0.05, 0) is 32.4 Å². The Hall–Kier alpha value is -1.07. The Morgan fingerprint density at radius 1 is 1.25 bits per heavy atom. The third-order valence-electron chi connectivity index (χ3n) is 3.69. The van der Waals surface area contributed by atoms with Crippen molar-refractivity contribution in [2.24, 2.45) is 0 Å². The highest BCUT2D eigenvalue weighted by molar-refractivity contribution is 5.24. The van der Waals surface area contributed by atoms with Crippen molar-refractivity contribution < 1.29 is 13.2 Å². The number of halogens is 3. The fourth-order valence-corrected chi connectivity index (χ4v) is 2.41. The third kappa shape index (κ3) is 4.49. The lowest BCUT2D eigenvalue weighted by molar-refractivity contribution is -0.147. The zero-order valence-corrected chi connectivity index (χ0v) is 11.9. The van der Waals surface area contributed by atoms with Crippen LogP contribution in [0.4, 0.5) is 13.2 Å². The van der Waals surface area contributed by atoms with Crippen molar-refractivity contribution in [1.29, 1.82) is 0 Å². The maximum atomic E-state index is 12.6. The predicted molar refractivity (Wildman–Crippen MR) is 73.6 cm³/mol. The first-order valence-electron chi connectivity index (χ1n) is 6.93. The van der Waals surface area contributed by atoms with Crippen molar-refractivity contribution in [2.45, 2.75) is 38.0 Å². The highest BCUT2D eigenvalue weighted by Crippen LogP contribution is 2.31. The van der Waals surface area contributed by atoms with E-state index in [2.05, 4.69) is 5.32 Å². The fourth-order valence-electron chi connectivity index (χ4n) is 2.41. The van der Waals surface area contributed by atoms with Gasteiger partial charge in [-0.2, -0.15) is 13.2 Å². The second-order valence-electron chi connectivity index (χ2n) is 5.53. The second kappa shape index (κ2) is 6.14. The number of aryl methyl sites for hydroxylation is 1. The average Bonchev–Trinajstić information content (AvgIpc) is 3.18. The molecule has 1 fully saturated rings. The van der Waals surface area contributed by atoms with E-state index < -0.39 is 12.7 Å². The molecule has 0 bridgehead atoms. The molecule has 1 aromatic carbocycles. The van der Waals surface area contributed by atoms with Gasteiger partial charge in [0.05, 0.1) is 6.54 Å². The van der Waals surface area contributed by atoms with Gasteiger partial charge in [0.25, 0.3) is 0 Å². The topological polar surface area (TPSA) is 15.3 Å². The van der Waals surface area contributed by atoms with E-state index in [0.29, 0.717) is 6.54 Å². The zero-order chi connectivity index (χ0) is 14.8. The molecule has 0 aliphatic heterocycles.